The Hall–Kier alpha value is -4.63. The molecular weight excluding hydrogens is 636 g/mol. The van der Waals surface area contributed by atoms with E-state index in [0.717, 1.165) is 22.3 Å². The highest BCUT2D eigenvalue weighted by atomic mass is 79.9. The molecule has 0 saturated carbocycles. The molecule has 9 heteroatoms. The van der Waals surface area contributed by atoms with Gasteiger partial charge in [-0.2, -0.15) is 0 Å². The average Bonchev–Trinajstić information content (AvgIpc) is 3.04. The van der Waals surface area contributed by atoms with Crippen molar-refractivity contribution >= 4 is 34.1 Å². The third-order valence-corrected chi connectivity index (χ3v) is 8.04. The number of rotatable bonds is 14. The van der Waals surface area contributed by atoms with Crippen LogP contribution in [0.3, 0.4) is 0 Å². The van der Waals surface area contributed by atoms with Crippen molar-refractivity contribution in [2.24, 2.45) is 0 Å². The van der Waals surface area contributed by atoms with Crippen LogP contribution in [-0.2, 0) is 45.1 Å². The van der Waals surface area contributed by atoms with Gasteiger partial charge in [0.05, 0.1) is 6.04 Å². The molecule has 234 valence electrons. The van der Waals surface area contributed by atoms with E-state index in [1.54, 1.807) is 0 Å². The SMILES string of the molecule is CC(=O)O[C@@](Br)(C[C@H](Cc1ccccc1)NC(=O)OCc1ccccc1)[C@H](Cc1ccccc1)NC(=O)OCc1ccccc1. The number of halogens is 1. The number of esters is 1. The Balaban J connectivity index is 1.57. The molecule has 4 aromatic carbocycles. The fraction of sp³-hybridized carbons (Fsp3) is 0.250. The number of alkyl carbamates (subject to hydrolysis) is 2. The number of amides is 2. The van der Waals surface area contributed by atoms with Crippen molar-refractivity contribution < 1.29 is 28.6 Å². The van der Waals surface area contributed by atoms with Gasteiger partial charge in [0.1, 0.15) is 13.2 Å². The number of alkyl halides is 1. The van der Waals surface area contributed by atoms with Gasteiger partial charge in [0.2, 0.25) is 0 Å². The van der Waals surface area contributed by atoms with Crippen LogP contribution in [0.1, 0.15) is 35.6 Å². The van der Waals surface area contributed by atoms with E-state index in [1.807, 2.05) is 121 Å². The molecular formula is C36H37BrN2O6. The second-order valence-corrected chi connectivity index (χ2v) is 12.0. The summed E-state index contributed by atoms with van der Waals surface area (Å²) in [6, 6.07) is 36.5. The molecule has 2 amide bonds. The molecule has 0 aromatic heterocycles. The van der Waals surface area contributed by atoms with E-state index < -0.39 is 34.7 Å². The molecule has 0 bridgehead atoms. The normalized spacial score (nSPS) is 13.4. The molecule has 4 aromatic rings. The van der Waals surface area contributed by atoms with Crippen LogP contribution in [-0.4, -0.2) is 34.7 Å². The van der Waals surface area contributed by atoms with Gasteiger partial charge in [-0.1, -0.05) is 121 Å². The maximum absolute atomic E-state index is 13.1. The Bertz CT molecular complexity index is 1490. The Morgan fingerprint density at radius 3 is 1.47 bits per heavy atom. The van der Waals surface area contributed by atoms with Crippen LogP contribution in [0.4, 0.5) is 9.59 Å². The summed E-state index contributed by atoms with van der Waals surface area (Å²) in [7, 11) is 0. The molecule has 45 heavy (non-hydrogen) atoms. The molecule has 0 unspecified atom stereocenters. The highest BCUT2D eigenvalue weighted by molar-refractivity contribution is 9.10. The fourth-order valence-corrected chi connectivity index (χ4v) is 5.80. The minimum Gasteiger partial charge on any atom is -0.445 e. The second-order valence-electron chi connectivity index (χ2n) is 10.6. The van der Waals surface area contributed by atoms with E-state index in [1.165, 1.54) is 6.92 Å². The van der Waals surface area contributed by atoms with Crippen molar-refractivity contribution in [2.45, 2.75) is 56.0 Å². The smallest absolute Gasteiger partial charge is 0.407 e. The fourth-order valence-electron chi connectivity index (χ4n) is 4.90. The Kier molecular flexibility index (Phi) is 12.6. The van der Waals surface area contributed by atoms with Crippen molar-refractivity contribution in [3.63, 3.8) is 0 Å². The summed E-state index contributed by atoms with van der Waals surface area (Å²) in [4.78, 5) is 38.7. The molecule has 3 atom stereocenters. The van der Waals surface area contributed by atoms with Gasteiger partial charge < -0.3 is 24.8 Å². The minimum absolute atomic E-state index is 0.0685. The molecule has 0 radical (unpaired) electrons. The van der Waals surface area contributed by atoms with Crippen molar-refractivity contribution in [3.8, 4) is 0 Å². The highest BCUT2D eigenvalue weighted by Crippen LogP contribution is 2.34. The number of hydrogen-bond donors (Lipinski definition) is 2. The van der Waals surface area contributed by atoms with Gasteiger partial charge in [0, 0.05) is 19.4 Å². The summed E-state index contributed by atoms with van der Waals surface area (Å²) in [6.45, 7) is 1.47. The lowest BCUT2D eigenvalue weighted by molar-refractivity contribution is -0.151. The van der Waals surface area contributed by atoms with E-state index >= 15 is 0 Å². The Morgan fingerprint density at radius 2 is 1.02 bits per heavy atom. The van der Waals surface area contributed by atoms with E-state index in [2.05, 4.69) is 26.6 Å². The van der Waals surface area contributed by atoms with Crippen LogP contribution in [0.15, 0.2) is 121 Å². The molecule has 2 N–H and O–H groups in total. The Morgan fingerprint density at radius 1 is 0.622 bits per heavy atom. The predicted octanol–water partition coefficient (Wildman–Crippen LogP) is 7.11. The number of ether oxygens (including phenoxy) is 3. The van der Waals surface area contributed by atoms with Crippen LogP contribution >= 0.6 is 15.9 Å². The second kappa shape index (κ2) is 17.0. The standard InChI is InChI=1S/C36H37BrN2O6/c1-27(40)45-36(37,33(23-29-16-8-3-9-17-29)39-35(42)44-26-31-20-12-5-13-21-31)24-32(22-28-14-6-2-7-15-28)38-34(41)43-25-30-18-10-4-11-19-30/h2-21,32-33H,22-26H2,1H3,(H,38,41)(H,39,42)/t32-,33-,36-/m0/s1. The van der Waals surface area contributed by atoms with E-state index in [0.29, 0.717) is 12.8 Å². The lowest BCUT2D eigenvalue weighted by Gasteiger charge is -2.38. The van der Waals surface area contributed by atoms with Crippen molar-refractivity contribution in [1.29, 1.82) is 0 Å². The quantitative estimate of drug-likeness (QED) is 0.0841. The molecule has 0 aliphatic rings. The molecule has 4 rings (SSSR count). The summed E-state index contributed by atoms with van der Waals surface area (Å²) in [6.07, 6.45) is -0.487. The first-order chi connectivity index (χ1) is 21.8. The zero-order valence-electron chi connectivity index (χ0n) is 25.1. The molecule has 0 aliphatic carbocycles. The maximum Gasteiger partial charge on any atom is 0.407 e. The van der Waals surface area contributed by atoms with Gasteiger partial charge in [0.15, 0.2) is 4.51 Å². The van der Waals surface area contributed by atoms with E-state index in [4.69, 9.17) is 14.2 Å². The molecule has 0 spiro atoms. The summed E-state index contributed by atoms with van der Waals surface area (Å²) in [5.41, 5.74) is 3.54. The van der Waals surface area contributed by atoms with Gasteiger partial charge in [-0.3, -0.25) is 4.79 Å². The number of carbonyl (C=O) groups excluding carboxylic acids is 3. The largest absolute Gasteiger partial charge is 0.445 e. The van der Waals surface area contributed by atoms with E-state index in [9.17, 15) is 14.4 Å². The number of nitrogens with one attached hydrogen (secondary N) is 2. The summed E-state index contributed by atoms with van der Waals surface area (Å²) < 4.78 is 15.6. The maximum atomic E-state index is 13.1. The molecule has 0 aliphatic heterocycles. The number of carbonyl (C=O) groups is 3. The van der Waals surface area contributed by atoms with Crippen molar-refractivity contribution in [3.05, 3.63) is 144 Å². The molecule has 8 nitrogen and oxygen atoms in total. The van der Waals surface area contributed by atoms with Crippen LogP contribution in [0, 0.1) is 0 Å². The first kappa shape index (κ1) is 33.3. The van der Waals surface area contributed by atoms with Gasteiger partial charge in [-0.05, 0) is 51.0 Å². The van der Waals surface area contributed by atoms with Crippen LogP contribution in [0.25, 0.3) is 0 Å². The molecule has 0 fully saturated rings. The minimum atomic E-state index is -1.44. The van der Waals surface area contributed by atoms with Crippen LogP contribution in [0.2, 0.25) is 0 Å². The lowest BCUT2D eigenvalue weighted by Crippen LogP contribution is -2.55. The topological polar surface area (TPSA) is 103 Å². The van der Waals surface area contributed by atoms with Crippen molar-refractivity contribution in [2.75, 3.05) is 0 Å². The number of benzene rings is 4. The first-order valence-electron chi connectivity index (χ1n) is 14.7. The molecule has 0 heterocycles. The monoisotopic (exact) mass is 672 g/mol. The van der Waals surface area contributed by atoms with Gasteiger partial charge in [-0.25, -0.2) is 9.59 Å². The zero-order valence-corrected chi connectivity index (χ0v) is 26.7. The van der Waals surface area contributed by atoms with Gasteiger partial charge >= 0.3 is 18.2 Å². The Labute approximate surface area is 272 Å². The first-order valence-corrected chi connectivity index (χ1v) is 15.5. The third kappa shape index (κ3) is 11.4. The lowest BCUT2D eigenvalue weighted by atomic mass is 9.93. The van der Waals surface area contributed by atoms with Crippen LogP contribution in [0.5, 0.6) is 0 Å². The number of hydrogen-bond acceptors (Lipinski definition) is 6. The van der Waals surface area contributed by atoms with E-state index in [-0.39, 0.29) is 19.6 Å². The van der Waals surface area contributed by atoms with Crippen LogP contribution < -0.4 is 10.6 Å². The van der Waals surface area contributed by atoms with Crippen molar-refractivity contribution in [1.82, 2.24) is 10.6 Å². The van der Waals surface area contributed by atoms with Gasteiger partial charge in [0.25, 0.3) is 0 Å². The summed E-state index contributed by atoms with van der Waals surface area (Å²) in [5.74, 6) is -0.561. The van der Waals surface area contributed by atoms with Gasteiger partial charge in [-0.15, -0.1) is 0 Å². The average molecular weight is 674 g/mol. The molecule has 0 saturated heterocycles. The summed E-state index contributed by atoms with van der Waals surface area (Å²) >= 11 is 3.71. The highest BCUT2D eigenvalue weighted by Gasteiger charge is 2.43. The zero-order chi connectivity index (χ0) is 31.9. The predicted molar refractivity (Wildman–Crippen MR) is 175 cm³/mol. The third-order valence-electron chi connectivity index (χ3n) is 7.01. The summed E-state index contributed by atoms with van der Waals surface area (Å²) in [5, 5.41) is 5.88.